The van der Waals surface area contributed by atoms with Crippen LogP contribution in [-0.4, -0.2) is 38.7 Å². The third-order valence-corrected chi connectivity index (χ3v) is 3.16. The lowest BCUT2D eigenvalue weighted by atomic mass is 9.91. The van der Waals surface area contributed by atoms with Gasteiger partial charge in [0.25, 0.3) is 0 Å². The van der Waals surface area contributed by atoms with Crippen molar-refractivity contribution in [2.45, 2.75) is 18.9 Å². The van der Waals surface area contributed by atoms with Gasteiger partial charge in [0.2, 0.25) is 0 Å². The summed E-state index contributed by atoms with van der Waals surface area (Å²) in [6.45, 7) is 2.56. The van der Waals surface area contributed by atoms with Gasteiger partial charge in [-0.05, 0) is 32.3 Å². The largest absolute Gasteiger partial charge is 0.496 e. The molecule has 0 amide bonds. The van der Waals surface area contributed by atoms with Crippen LogP contribution in [0.25, 0.3) is 0 Å². The van der Waals surface area contributed by atoms with E-state index in [-0.39, 0.29) is 17.8 Å². The number of methoxy groups -OCH3 is 1. The number of hydrogen-bond donors (Lipinski definition) is 1. The third-order valence-electron chi connectivity index (χ3n) is 3.16. The Kier molecular flexibility index (Phi) is 4.90. The maximum absolute atomic E-state index is 13.3. The standard InChI is InChI=1S/C13H21FN2O/c1-9(12(8-15)16(2)3)11-7-10(14)5-6-13(11)17-4/h5-7,9,12H,8,15H2,1-4H3. The first kappa shape index (κ1) is 13.9. The monoisotopic (exact) mass is 240 g/mol. The Hall–Kier alpha value is -1.13. The first-order chi connectivity index (χ1) is 8.01. The van der Waals surface area contributed by atoms with E-state index < -0.39 is 0 Å². The van der Waals surface area contributed by atoms with Gasteiger partial charge in [0.05, 0.1) is 7.11 Å². The minimum Gasteiger partial charge on any atom is -0.496 e. The van der Waals surface area contributed by atoms with Crippen molar-refractivity contribution >= 4 is 0 Å². The van der Waals surface area contributed by atoms with Crippen LogP contribution >= 0.6 is 0 Å². The molecular formula is C13H21FN2O. The highest BCUT2D eigenvalue weighted by molar-refractivity contribution is 5.37. The molecule has 2 unspecified atom stereocenters. The normalized spacial score (nSPS) is 14.8. The van der Waals surface area contributed by atoms with E-state index in [0.717, 1.165) is 5.56 Å². The molecule has 0 heterocycles. The lowest BCUT2D eigenvalue weighted by Gasteiger charge is -2.30. The summed E-state index contributed by atoms with van der Waals surface area (Å²) in [6, 6.07) is 4.74. The van der Waals surface area contributed by atoms with Crippen LogP contribution in [0.15, 0.2) is 18.2 Å². The molecule has 0 bridgehead atoms. The van der Waals surface area contributed by atoms with Crippen molar-refractivity contribution in [1.82, 2.24) is 4.90 Å². The molecule has 1 aromatic carbocycles. The molecule has 0 aliphatic heterocycles. The second-order valence-corrected chi connectivity index (χ2v) is 4.44. The maximum atomic E-state index is 13.3. The Balaban J connectivity index is 3.08. The molecule has 3 nitrogen and oxygen atoms in total. The van der Waals surface area contributed by atoms with E-state index >= 15 is 0 Å². The second-order valence-electron chi connectivity index (χ2n) is 4.44. The first-order valence-corrected chi connectivity index (χ1v) is 5.71. The zero-order valence-electron chi connectivity index (χ0n) is 10.9. The number of rotatable bonds is 5. The quantitative estimate of drug-likeness (QED) is 0.853. The molecule has 4 heteroatoms. The number of nitrogens with two attached hydrogens (primary N) is 1. The summed E-state index contributed by atoms with van der Waals surface area (Å²) < 4.78 is 18.6. The van der Waals surface area contributed by atoms with Crippen LogP contribution in [0.1, 0.15) is 18.4 Å². The Morgan fingerprint density at radius 1 is 1.41 bits per heavy atom. The topological polar surface area (TPSA) is 38.5 Å². The minimum atomic E-state index is -0.248. The maximum Gasteiger partial charge on any atom is 0.123 e. The summed E-state index contributed by atoms with van der Waals surface area (Å²) in [6.07, 6.45) is 0. The SMILES string of the molecule is COc1ccc(F)cc1C(C)C(CN)N(C)C. The fourth-order valence-corrected chi connectivity index (χ4v) is 2.13. The van der Waals surface area contributed by atoms with Crippen LogP contribution in [0.3, 0.4) is 0 Å². The summed E-state index contributed by atoms with van der Waals surface area (Å²) in [5.74, 6) is 0.571. The Morgan fingerprint density at radius 2 is 2.06 bits per heavy atom. The van der Waals surface area contributed by atoms with Crippen molar-refractivity contribution in [1.29, 1.82) is 0 Å². The average molecular weight is 240 g/mol. The number of benzene rings is 1. The number of likely N-dealkylation sites (N-methyl/N-ethyl adjacent to an activating group) is 1. The predicted molar refractivity (Wildman–Crippen MR) is 67.9 cm³/mol. The molecule has 0 aliphatic rings. The molecule has 0 radical (unpaired) electrons. The molecular weight excluding hydrogens is 219 g/mol. The van der Waals surface area contributed by atoms with Gasteiger partial charge >= 0.3 is 0 Å². The van der Waals surface area contributed by atoms with Crippen LogP contribution in [0.4, 0.5) is 4.39 Å². The number of ether oxygens (including phenoxy) is 1. The molecule has 17 heavy (non-hydrogen) atoms. The average Bonchev–Trinajstić information content (AvgIpc) is 2.29. The Bertz CT molecular complexity index is 368. The van der Waals surface area contributed by atoms with Crippen LogP contribution < -0.4 is 10.5 Å². The van der Waals surface area contributed by atoms with Gasteiger partial charge in [-0.3, -0.25) is 0 Å². The molecule has 0 aromatic heterocycles. The molecule has 2 atom stereocenters. The third kappa shape index (κ3) is 3.17. The molecule has 1 aromatic rings. The van der Waals surface area contributed by atoms with Gasteiger partial charge < -0.3 is 15.4 Å². The van der Waals surface area contributed by atoms with Crippen molar-refractivity contribution in [3.05, 3.63) is 29.6 Å². The van der Waals surface area contributed by atoms with Crippen molar-refractivity contribution in [2.24, 2.45) is 5.73 Å². The summed E-state index contributed by atoms with van der Waals surface area (Å²) in [5, 5.41) is 0. The molecule has 0 fully saturated rings. The van der Waals surface area contributed by atoms with Crippen molar-refractivity contribution in [2.75, 3.05) is 27.7 Å². The lowest BCUT2D eigenvalue weighted by molar-refractivity contribution is 0.263. The van der Waals surface area contributed by atoms with Crippen molar-refractivity contribution in [3.8, 4) is 5.75 Å². The highest BCUT2D eigenvalue weighted by atomic mass is 19.1. The zero-order valence-corrected chi connectivity index (χ0v) is 10.9. The van der Waals surface area contributed by atoms with E-state index in [9.17, 15) is 4.39 Å². The van der Waals surface area contributed by atoms with E-state index in [1.165, 1.54) is 12.1 Å². The van der Waals surface area contributed by atoms with E-state index in [2.05, 4.69) is 4.90 Å². The lowest BCUT2D eigenvalue weighted by Crippen LogP contribution is -2.39. The fourth-order valence-electron chi connectivity index (χ4n) is 2.13. The van der Waals surface area contributed by atoms with Gasteiger partial charge in [0.1, 0.15) is 11.6 Å². The second kappa shape index (κ2) is 5.98. The molecule has 0 spiro atoms. The smallest absolute Gasteiger partial charge is 0.123 e. The zero-order chi connectivity index (χ0) is 13.0. The molecule has 2 N–H and O–H groups in total. The Morgan fingerprint density at radius 3 is 2.53 bits per heavy atom. The van der Waals surface area contributed by atoms with E-state index in [0.29, 0.717) is 12.3 Å². The summed E-state index contributed by atoms with van der Waals surface area (Å²) in [4.78, 5) is 2.05. The molecule has 0 aliphatic carbocycles. The summed E-state index contributed by atoms with van der Waals surface area (Å²) in [5.41, 5.74) is 6.62. The van der Waals surface area contributed by atoms with E-state index in [1.807, 2.05) is 21.0 Å². The highest BCUT2D eigenvalue weighted by Gasteiger charge is 2.22. The highest BCUT2D eigenvalue weighted by Crippen LogP contribution is 2.30. The number of halogens is 1. The van der Waals surface area contributed by atoms with Crippen LogP contribution in [0.2, 0.25) is 0 Å². The minimum absolute atomic E-state index is 0.112. The van der Waals surface area contributed by atoms with Crippen molar-refractivity contribution < 1.29 is 9.13 Å². The molecule has 1 rings (SSSR count). The van der Waals surface area contributed by atoms with Gasteiger partial charge in [-0.25, -0.2) is 4.39 Å². The van der Waals surface area contributed by atoms with Gasteiger partial charge in [-0.1, -0.05) is 6.92 Å². The molecule has 0 saturated carbocycles. The first-order valence-electron chi connectivity index (χ1n) is 5.71. The van der Waals surface area contributed by atoms with Crippen LogP contribution in [0, 0.1) is 5.82 Å². The van der Waals surface area contributed by atoms with Crippen molar-refractivity contribution in [3.63, 3.8) is 0 Å². The summed E-state index contributed by atoms with van der Waals surface area (Å²) in [7, 11) is 5.54. The van der Waals surface area contributed by atoms with E-state index in [1.54, 1.807) is 13.2 Å². The van der Waals surface area contributed by atoms with Crippen LogP contribution in [-0.2, 0) is 0 Å². The van der Waals surface area contributed by atoms with E-state index in [4.69, 9.17) is 10.5 Å². The number of hydrogen-bond acceptors (Lipinski definition) is 3. The Labute approximate surface area is 102 Å². The summed E-state index contributed by atoms with van der Waals surface area (Å²) >= 11 is 0. The van der Waals surface area contributed by atoms with Gasteiger partial charge in [0, 0.05) is 24.1 Å². The van der Waals surface area contributed by atoms with Gasteiger partial charge in [0.15, 0.2) is 0 Å². The number of nitrogens with zero attached hydrogens (tertiary/aromatic N) is 1. The molecule has 0 saturated heterocycles. The van der Waals surface area contributed by atoms with Gasteiger partial charge in [-0.2, -0.15) is 0 Å². The fraction of sp³-hybridized carbons (Fsp3) is 0.538. The molecule has 96 valence electrons. The predicted octanol–water partition coefficient (Wildman–Crippen LogP) is 1.83. The van der Waals surface area contributed by atoms with Gasteiger partial charge in [-0.15, -0.1) is 0 Å². The van der Waals surface area contributed by atoms with Crippen LogP contribution in [0.5, 0.6) is 5.75 Å².